The maximum atomic E-state index is 12.3. The number of carbonyl (C=O) groups is 1. The Balaban J connectivity index is 1.62. The number of nitrogens with zero attached hydrogens (tertiary/aromatic N) is 2. The average Bonchev–Trinajstić information content (AvgIpc) is 3.10. The Labute approximate surface area is 156 Å². The Hall–Kier alpha value is -2.99. The van der Waals surface area contributed by atoms with E-state index in [2.05, 4.69) is 15.5 Å². The summed E-state index contributed by atoms with van der Waals surface area (Å²) in [4.78, 5) is 12.3. The molecule has 0 saturated heterocycles. The maximum Gasteiger partial charge on any atom is 0.253 e. The van der Waals surface area contributed by atoms with Gasteiger partial charge in [0.2, 0.25) is 5.13 Å². The molecule has 0 aliphatic carbocycles. The van der Waals surface area contributed by atoms with Crippen LogP contribution in [0.25, 0.3) is 6.08 Å². The van der Waals surface area contributed by atoms with Crippen molar-refractivity contribution in [3.8, 4) is 5.75 Å². The van der Waals surface area contributed by atoms with Gasteiger partial charge in [-0.05, 0) is 36.3 Å². The van der Waals surface area contributed by atoms with Crippen molar-refractivity contribution in [2.75, 3.05) is 12.4 Å². The standard InChI is InChI=1S/C20H19N3O2S/c1-14(12-15-6-4-3-5-7-15)19(24)21-20-23-22-18(26-20)13-16-8-10-17(25-2)11-9-16/h3-12H,13H2,1-2H3,(H,21,23,24)/b14-12+. The van der Waals surface area contributed by atoms with E-state index in [1.807, 2.05) is 60.7 Å². The molecule has 0 radical (unpaired) electrons. The van der Waals surface area contributed by atoms with Gasteiger partial charge >= 0.3 is 0 Å². The number of anilines is 1. The third-order valence-electron chi connectivity index (χ3n) is 3.74. The molecule has 0 spiro atoms. The predicted octanol–water partition coefficient (Wildman–Crippen LogP) is 4.18. The van der Waals surface area contributed by atoms with Crippen molar-refractivity contribution in [1.82, 2.24) is 10.2 Å². The molecule has 3 aromatic rings. The number of nitrogens with one attached hydrogen (secondary N) is 1. The molecule has 5 nitrogen and oxygen atoms in total. The molecule has 0 unspecified atom stereocenters. The lowest BCUT2D eigenvalue weighted by Gasteiger charge is -2.02. The molecule has 0 atom stereocenters. The second-order valence-electron chi connectivity index (χ2n) is 5.72. The summed E-state index contributed by atoms with van der Waals surface area (Å²) >= 11 is 1.38. The van der Waals surface area contributed by atoms with Gasteiger partial charge < -0.3 is 4.74 Å². The van der Waals surface area contributed by atoms with Crippen molar-refractivity contribution in [2.24, 2.45) is 0 Å². The molecule has 26 heavy (non-hydrogen) atoms. The van der Waals surface area contributed by atoms with Gasteiger partial charge in [-0.15, -0.1) is 10.2 Å². The maximum absolute atomic E-state index is 12.3. The molecule has 3 rings (SSSR count). The zero-order valence-corrected chi connectivity index (χ0v) is 15.4. The summed E-state index contributed by atoms with van der Waals surface area (Å²) in [7, 11) is 1.64. The first-order valence-corrected chi connectivity index (χ1v) is 8.95. The van der Waals surface area contributed by atoms with Crippen LogP contribution in [-0.2, 0) is 11.2 Å². The summed E-state index contributed by atoms with van der Waals surface area (Å²) in [6.07, 6.45) is 2.50. The number of hydrogen-bond acceptors (Lipinski definition) is 5. The van der Waals surface area contributed by atoms with E-state index in [4.69, 9.17) is 4.74 Å². The van der Waals surface area contributed by atoms with Crippen LogP contribution in [0, 0.1) is 0 Å². The van der Waals surface area contributed by atoms with Crippen molar-refractivity contribution in [2.45, 2.75) is 13.3 Å². The van der Waals surface area contributed by atoms with Crippen LogP contribution in [0.5, 0.6) is 5.75 Å². The Kier molecular flexibility index (Phi) is 5.76. The minimum Gasteiger partial charge on any atom is -0.497 e. The molecule has 0 aliphatic rings. The third-order valence-corrected chi connectivity index (χ3v) is 4.58. The summed E-state index contributed by atoms with van der Waals surface area (Å²) in [6, 6.07) is 17.5. The van der Waals surface area contributed by atoms with E-state index in [-0.39, 0.29) is 5.91 Å². The van der Waals surface area contributed by atoms with Crippen LogP contribution in [0.1, 0.15) is 23.1 Å². The van der Waals surface area contributed by atoms with Gasteiger partial charge in [0.25, 0.3) is 5.91 Å². The van der Waals surface area contributed by atoms with Gasteiger partial charge in [-0.2, -0.15) is 0 Å². The van der Waals surface area contributed by atoms with E-state index in [0.29, 0.717) is 17.1 Å². The van der Waals surface area contributed by atoms with E-state index >= 15 is 0 Å². The molecular weight excluding hydrogens is 346 g/mol. The molecule has 1 heterocycles. The van der Waals surface area contributed by atoms with E-state index in [9.17, 15) is 4.79 Å². The fraction of sp³-hybridized carbons (Fsp3) is 0.150. The Morgan fingerprint density at radius 3 is 2.54 bits per heavy atom. The zero-order valence-electron chi connectivity index (χ0n) is 14.6. The Morgan fingerprint density at radius 2 is 1.85 bits per heavy atom. The van der Waals surface area contributed by atoms with E-state index in [1.54, 1.807) is 14.0 Å². The molecule has 0 saturated carbocycles. The van der Waals surface area contributed by atoms with Crippen molar-refractivity contribution < 1.29 is 9.53 Å². The van der Waals surface area contributed by atoms with Gasteiger partial charge in [0.1, 0.15) is 10.8 Å². The highest BCUT2D eigenvalue weighted by Gasteiger charge is 2.10. The van der Waals surface area contributed by atoms with Crippen LogP contribution in [0.2, 0.25) is 0 Å². The molecule has 1 aromatic heterocycles. The van der Waals surface area contributed by atoms with Crippen LogP contribution in [0.3, 0.4) is 0 Å². The number of ether oxygens (including phenoxy) is 1. The molecular formula is C20H19N3O2S. The monoisotopic (exact) mass is 365 g/mol. The van der Waals surface area contributed by atoms with Crippen LogP contribution in [0.15, 0.2) is 60.2 Å². The smallest absolute Gasteiger partial charge is 0.253 e. The Bertz CT molecular complexity index is 902. The van der Waals surface area contributed by atoms with Gasteiger partial charge in [0.15, 0.2) is 0 Å². The van der Waals surface area contributed by atoms with Crippen molar-refractivity contribution in [3.05, 3.63) is 76.3 Å². The summed E-state index contributed by atoms with van der Waals surface area (Å²) in [5.41, 5.74) is 2.71. The van der Waals surface area contributed by atoms with Gasteiger partial charge in [-0.25, -0.2) is 0 Å². The average molecular weight is 365 g/mol. The number of benzene rings is 2. The first kappa shape index (κ1) is 17.8. The van der Waals surface area contributed by atoms with Crippen LogP contribution in [0.4, 0.5) is 5.13 Å². The number of aromatic nitrogens is 2. The summed E-state index contributed by atoms with van der Waals surface area (Å²) in [5, 5.41) is 12.4. The summed E-state index contributed by atoms with van der Waals surface area (Å²) < 4.78 is 5.15. The molecule has 2 aromatic carbocycles. The van der Waals surface area contributed by atoms with E-state index in [0.717, 1.165) is 21.9 Å². The second kappa shape index (κ2) is 8.40. The minimum atomic E-state index is -0.180. The first-order chi connectivity index (χ1) is 12.6. The van der Waals surface area contributed by atoms with Crippen LogP contribution in [-0.4, -0.2) is 23.2 Å². The molecule has 1 N–H and O–H groups in total. The lowest BCUT2D eigenvalue weighted by Crippen LogP contribution is -2.12. The largest absolute Gasteiger partial charge is 0.497 e. The molecule has 132 valence electrons. The minimum absolute atomic E-state index is 0.180. The van der Waals surface area contributed by atoms with Gasteiger partial charge in [-0.1, -0.05) is 53.8 Å². The fourth-order valence-corrected chi connectivity index (χ4v) is 3.12. The number of carbonyl (C=O) groups excluding carboxylic acids is 1. The van der Waals surface area contributed by atoms with Gasteiger partial charge in [0, 0.05) is 12.0 Å². The van der Waals surface area contributed by atoms with Crippen LogP contribution < -0.4 is 10.1 Å². The van der Waals surface area contributed by atoms with Crippen LogP contribution >= 0.6 is 11.3 Å². The van der Waals surface area contributed by atoms with Gasteiger partial charge in [0.05, 0.1) is 7.11 Å². The van der Waals surface area contributed by atoms with E-state index < -0.39 is 0 Å². The molecule has 0 bridgehead atoms. The number of hydrogen-bond donors (Lipinski definition) is 1. The van der Waals surface area contributed by atoms with Crippen molar-refractivity contribution in [3.63, 3.8) is 0 Å². The summed E-state index contributed by atoms with van der Waals surface area (Å²) in [5.74, 6) is 0.639. The van der Waals surface area contributed by atoms with Gasteiger partial charge in [-0.3, -0.25) is 10.1 Å². The van der Waals surface area contributed by atoms with Crippen molar-refractivity contribution in [1.29, 1.82) is 0 Å². The topological polar surface area (TPSA) is 64.1 Å². The normalized spacial score (nSPS) is 11.2. The number of rotatable bonds is 6. The first-order valence-electron chi connectivity index (χ1n) is 8.14. The summed E-state index contributed by atoms with van der Waals surface area (Å²) in [6.45, 7) is 1.78. The lowest BCUT2D eigenvalue weighted by molar-refractivity contribution is -0.112. The zero-order chi connectivity index (χ0) is 18.4. The predicted molar refractivity (Wildman–Crippen MR) is 104 cm³/mol. The molecule has 1 amide bonds. The number of methoxy groups -OCH3 is 1. The SMILES string of the molecule is COc1ccc(Cc2nnc(NC(=O)/C(C)=C/c3ccccc3)s2)cc1. The second-order valence-corrected chi connectivity index (χ2v) is 6.78. The molecule has 6 heteroatoms. The molecule has 0 fully saturated rings. The number of amides is 1. The fourth-order valence-electron chi connectivity index (χ4n) is 2.35. The highest BCUT2D eigenvalue weighted by atomic mass is 32.1. The third kappa shape index (κ3) is 4.77. The highest BCUT2D eigenvalue weighted by Crippen LogP contribution is 2.21. The quantitative estimate of drug-likeness (QED) is 0.666. The Morgan fingerprint density at radius 1 is 1.12 bits per heavy atom. The van der Waals surface area contributed by atoms with E-state index in [1.165, 1.54) is 11.3 Å². The highest BCUT2D eigenvalue weighted by molar-refractivity contribution is 7.15. The van der Waals surface area contributed by atoms with Crippen molar-refractivity contribution >= 4 is 28.5 Å². The molecule has 0 aliphatic heterocycles. The lowest BCUT2D eigenvalue weighted by atomic mass is 10.1.